The van der Waals surface area contributed by atoms with Crippen LogP contribution in [0.5, 0.6) is 0 Å². The number of carbonyl (C=O) groups is 2. The third-order valence-corrected chi connectivity index (χ3v) is 3.28. The summed E-state index contributed by atoms with van der Waals surface area (Å²) in [5.74, 6) is 0.0218. The maximum atomic E-state index is 11.7. The van der Waals surface area contributed by atoms with Crippen LogP contribution < -0.4 is 5.32 Å². The summed E-state index contributed by atoms with van der Waals surface area (Å²) in [5, 5.41) is 2.49. The van der Waals surface area contributed by atoms with Gasteiger partial charge in [0.2, 0.25) is 0 Å². The molecule has 0 bridgehead atoms. The van der Waals surface area contributed by atoms with E-state index in [-0.39, 0.29) is 24.3 Å². The van der Waals surface area contributed by atoms with Gasteiger partial charge in [-0.1, -0.05) is 57.5 Å². The Bertz CT molecular complexity index is 440. The minimum absolute atomic E-state index is 0.0211. The van der Waals surface area contributed by atoms with E-state index < -0.39 is 6.09 Å². The summed E-state index contributed by atoms with van der Waals surface area (Å²) >= 11 is 0. The maximum Gasteiger partial charge on any atom is 0.407 e. The molecular formula is C16H23NO3. The first-order valence-corrected chi connectivity index (χ1v) is 6.89. The molecule has 0 aliphatic rings. The van der Waals surface area contributed by atoms with E-state index in [4.69, 9.17) is 4.74 Å². The van der Waals surface area contributed by atoms with Gasteiger partial charge in [0, 0.05) is 6.42 Å². The molecule has 0 heterocycles. The molecule has 1 amide bonds. The fraction of sp³-hybridized carbons (Fsp3) is 0.500. The van der Waals surface area contributed by atoms with Crippen LogP contribution in [0, 0.1) is 5.41 Å². The predicted molar refractivity (Wildman–Crippen MR) is 78.3 cm³/mol. The van der Waals surface area contributed by atoms with Crippen molar-refractivity contribution in [2.75, 3.05) is 6.54 Å². The van der Waals surface area contributed by atoms with Gasteiger partial charge in [0.05, 0.1) is 6.54 Å². The smallest absolute Gasteiger partial charge is 0.407 e. The van der Waals surface area contributed by atoms with Crippen molar-refractivity contribution < 1.29 is 14.3 Å². The van der Waals surface area contributed by atoms with Crippen molar-refractivity contribution in [3.63, 3.8) is 0 Å². The number of nitrogens with one attached hydrogen (secondary N) is 1. The van der Waals surface area contributed by atoms with Gasteiger partial charge in [0.15, 0.2) is 5.78 Å². The second-order valence-corrected chi connectivity index (χ2v) is 5.65. The van der Waals surface area contributed by atoms with Crippen LogP contribution in [0.3, 0.4) is 0 Å². The number of carbonyl (C=O) groups excluding carboxylic acids is 2. The molecule has 110 valence electrons. The zero-order valence-electron chi connectivity index (χ0n) is 12.4. The lowest BCUT2D eigenvalue weighted by atomic mass is 9.85. The van der Waals surface area contributed by atoms with E-state index in [1.165, 1.54) is 0 Å². The third kappa shape index (κ3) is 6.36. The number of amides is 1. The van der Waals surface area contributed by atoms with Gasteiger partial charge in [0.25, 0.3) is 0 Å². The number of hydrogen-bond donors (Lipinski definition) is 1. The fourth-order valence-electron chi connectivity index (χ4n) is 1.67. The molecule has 4 heteroatoms. The van der Waals surface area contributed by atoms with Crippen molar-refractivity contribution in [1.29, 1.82) is 0 Å². The molecule has 0 fully saturated rings. The maximum absolute atomic E-state index is 11.7. The highest BCUT2D eigenvalue weighted by Gasteiger charge is 2.19. The second kappa shape index (κ2) is 7.68. The lowest BCUT2D eigenvalue weighted by Crippen LogP contribution is -2.32. The van der Waals surface area contributed by atoms with Crippen molar-refractivity contribution in [2.24, 2.45) is 5.41 Å². The number of Topliss-reactive ketones (excluding diaryl/α,β-unsaturated/α-hetero) is 1. The molecule has 1 aromatic carbocycles. The lowest BCUT2D eigenvalue weighted by molar-refractivity contribution is -0.120. The van der Waals surface area contributed by atoms with Gasteiger partial charge in [-0.05, 0) is 11.0 Å². The highest BCUT2D eigenvalue weighted by Crippen LogP contribution is 2.24. The van der Waals surface area contributed by atoms with Crippen LogP contribution >= 0.6 is 0 Å². The topological polar surface area (TPSA) is 55.4 Å². The molecule has 0 aliphatic carbocycles. The number of hydrogen-bond acceptors (Lipinski definition) is 3. The highest BCUT2D eigenvalue weighted by molar-refractivity contribution is 5.84. The van der Waals surface area contributed by atoms with E-state index >= 15 is 0 Å². The van der Waals surface area contributed by atoms with Gasteiger partial charge in [0.1, 0.15) is 6.61 Å². The van der Waals surface area contributed by atoms with Crippen molar-refractivity contribution >= 4 is 11.9 Å². The molecule has 0 unspecified atom stereocenters. The van der Waals surface area contributed by atoms with Crippen LogP contribution in [0.25, 0.3) is 0 Å². The fourth-order valence-corrected chi connectivity index (χ4v) is 1.67. The molecule has 0 spiro atoms. The molecule has 0 saturated carbocycles. The molecule has 1 aromatic rings. The van der Waals surface area contributed by atoms with Crippen LogP contribution in [-0.4, -0.2) is 18.4 Å². The van der Waals surface area contributed by atoms with Crippen LogP contribution in [0.2, 0.25) is 0 Å². The molecule has 0 aromatic heterocycles. The number of ketones is 1. The molecule has 0 atom stereocenters. The molecule has 0 aliphatic heterocycles. The molecule has 0 radical (unpaired) electrons. The Morgan fingerprint density at radius 3 is 2.45 bits per heavy atom. The standard InChI is InChI=1S/C16H23NO3/c1-4-16(2,3)10-14(18)11-17-15(19)20-12-13-8-6-5-7-9-13/h5-9H,4,10-12H2,1-3H3,(H,17,19). The highest BCUT2D eigenvalue weighted by atomic mass is 16.5. The van der Waals surface area contributed by atoms with Crippen molar-refractivity contribution in [3.05, 3.63) is 35.9 Å². The summed E-state index contributed by atoms with van der Waals surface area (Å²) in [4.78, 5) is 23.2. The van der Waals surface area contributed by atoms with Gasteiger partial charge in [-0.2, -0.15) is 0 Å². The first-order chi connectivity index (χ1) is 9.43. The summed E-state index contributed by atoms with van der Waals surface area (Å²) in [6, 6.07) is 9.42. The Morgan fingerprint density at radius 2 is 1.85 bits per heavy atom. The average molecular weight is 277 g/mol. The average Bonchev–Trinajstić information content (AvgIpc) is 2.43. The molecule has 20 heavy (non-hydrogen) atoms. The normalized spacial score (nSPS) is 10.9. The Labute approximate surface area is 120 Å². The van der Waals surface area contributed by atoms with E-state index in [2.05, 4.69) is 12.2 Å². The van der Waals surface area contributed by atoms with Crippen molar-refractivity contribution in [3.8, 4) is 0 Å². The van der Waals surface area contributed by atoms with E-state index in [1.807, 2.05) is 44.2 Å². The first-order valence-electron chi connectivity index (χ1n) is 6.89. The number of alkyl carbamates (subject to hydrolysis) is 1. The Hall–Kier alpha value is -1.84. The number of ether oxygens (including phenoxy) is 1. The van der Waals surface area contributed by atoms with Gasteiger partial charge in [-0.3, -0.25) is 4.79 Å². The monoisotopic (exact) mass is 277 g/mol. The molecule has 0 saturated heterocycles. The lowest BCUT2D eigenvalue weighted by Gasteiger charge is -2.21. The predicted octanol–water partition coefficient (Wildman–Crippen LogP) is 3.31. The molecular weight excluding hydrogens is 254 g/mol. The number of rotatable bonds is 7. The second-order valence-electron chi connectivity index (χ2n) is 5.65. The molecule has 1 rings (SSSR count). The van der Waals surface area contributed by atoms with Gasteiger partial charge in [-0.25, -0.2) is 4.79 Å². The summed E-state index contributed by atoms with van der Waals surface area (Å²) in [7, 11) is 0. The van der Waals surface area contributed by atoms with Gasteiger partial charge < -0.3 is 10.1 Å². The zero-order chi connectivity index (χ0) is 15.0. The summed E-state index contributed by atoms with van der Waals surface area (Å²) in [6.45, 7) is 6.37. The third-order valence-electron chi connectivity index (χ3n) is 3.28. The summed E-state index contributed by atoms with van der Waals surface area (Å²) in [6.07, 6.45) is 0.830. The largest absolute Gasteiger partial charge is 0.445 e. The van der Waals surface area contributed by atoms with E-state index in [0.717, 1.165) is 12.0 Å². The summed E-state index contributed by atoms with van der Waals surface area (Å²) in [5.41, 5.74) is 0.897. The Balaban J connectivity index is 2.25. The minimum atomic E-state index is -0.559. The molecule has 4 nitrogen and oxygen atoms in total. The van der Waals surface area contributed by atoms with E-state index in [9.17, 15) is 9.59 Å². The summed E-state index contributed by atoms with van der Waals surface area (Å²) < 4.78 is 5.03. The van der Waals surface area contributed by atoms with E-state index in [0.29, 0.717) is 6.42 Å². The van der Waals surface area contributed by atoms with Gasteiger partial charge in [-0.15, -0.1) is 0 Å². The van der Waals surface area contributed by atoms with E-state index in [1.54, 1.807) is 0 Å². The van der Waals surface area contributed by atoms with Crippen molar-refractivity contribution in [2.45, 2.75) is 40.2 Å². The van der Waals surface area contributed by atoms with Crippen molar-refractivity contribution in [1.82, 2.24) is 5.32 Å². The van der Waals surface area contributed by atoms with Crippen LogP contribution in [0.4, 0.5) is 4.79 Å². The quantitative estimate of drug-likeness (QED) is 0.832. The first kappa shape index (κ1) is 16.2. The Morgan fingerprint density at radius 1 is 1.20 bits per heavy atom. The van der Waals surface area contributed by atoms with Crippen LogP contribution in [0.1, 0.15) is 39.2 Å². The van der Waals surface area contributed by atoms with Gasteiger partial charge >= 0.3 is 6.09 Å². The number of benzene rings is 1. The zero-order valence-corrected chi connectivity index (χ0v) is 12.4. The SMILES string of the molecule is CCC(C)(C)CC(=O)CNC(=O)OCc1ccccc1. The minimum Gasteiger partial charge on any atom is -0.445 e. The Kier molecular flexibility index (Phi) is 6.22. The molecule has 1 N–H and O–H groups in total. The van der Waals surface area contributed by atoms with Crippen LogP contribution in [0.15, 0.2) is 30.3 Å². The van der Waals surface area contributed by atoms with Crippen LogP contribution in [-0.2, 0) is 16.1 Å².